The van der Waals surface area contributed by atoms with Crippen molar-refractivity contribution < 1.29 is 27.3 Å². The molecule has 0 saturated carbocycles. The summed E-state index contributed by atoms with van der Waals surface area (Å²) in [5.41, 5.74) is -1.65. The van der Waals surface area contributed by atoms with E-state index < -0.39 is 22.4 Å². The molecule has 2 aromatic carbocycles. The molecule has 1 heterocycles. The van der Waals surface area contributed by atoms with Crippen LogP contribution in [0.1, 0.15) is 11.3 Å². The average Bonchev–Trinajstić information content (AvgIpc) is 3.09. The quantitative estimate of drug-likeness (QED) is 0.208. The summed E-state index contributed by atoms with van der Waals surface area (Å²) in [7, 11) is 0. The number of halogens is 3. The Kier molecular flexibility index (Phi) is 4.68. The normalized spacial score (nSPS) is 12.2. The fraction of sp³-hybridized carbons (Fsp3) is 0.0556. The van der Waals surface area contributed by atoms with E-state index in [0.29, 0.717) is 16.5 Å². The van der Waals surface area contributed by atoms with Crippen LogP contribution in [-0.4, -0.2) is 15.9 Å². The Labute approximate surface area is 150 Å². The van der Waals surface area contributed by atoms with Gasteiger partial charge in [-0.2, -0.15) is 17.9 Å². The van der Waals surface area contributed by atoms with Crippen LogP contribution >= 0.6 is 0 Å². The zero-order valence-electron chi connectivity index (χ0n) is 13.5. The molecule has 0 aliphatic rings. The van der Waals surface area contributed by atoms with Gasteiger partial charge in [-0.1, -0.05) is 18.2 Å². The Bertz CT molecular complexity index is 1010. The zero-order valence-corrected chi connectivity index (χ0v) is 13.5. The molecule has 3 rings (SSSR count). The van der Waals surface area contributed by atoms with Crippen LogP contribution in [0.25, 0.3) is 11.3 Å². The second-order valence-electron chi connectivity index (χ2n) is 5.48. The van der Waals surface area contributed by atoms with E-state index in [1.54, 1.807) is 30.3 Å². The number of alkyl halides is 3. The number of rotatable bonds is 4. The number of hydrogen-bond donors (Lipinski definition) is 0. The molecule has 0 atom stereocenters. The minimum Gasteiger partial charge on any atom is -0.618 e. The molecule has 138 valence electrons. The van der Waals surface area contributed by atoms with Crippen LogP contribution in [0, 0.1) is 15.3 Å². The third-order valence-electron chi connectivity index (χ3n) is 3.67. The number of nitro benzene ring substituents is 1. The fourth-order valence-electron chi connectivity index (χ4n) is 2.40. The summed E-state index contributed by atoms with van der Waals surface area (Å²) in [5.74, 6) is 0.0705. The minimum atomic E-state index is -4.70. The highest BCUT2D eigenvalue weighted by Gasteiger charge is 2.33. The molecular weight excluding hydrogens is 365 g/mol. The molecule has 0 spiro atoms. The standard InChI is InChI=1S/C18H11F3N2O4/c19-18(20,21)12-6-8-15(16(10-12)23(25)26)17-9-7-14(27-17)11-22(24)13-4-2-1-3-5-13/h1-11H/b22-11-. The Balaban J connectivity index is 1.98. The highest BCUT2D eigenvalue weighted by Crippen LogP contribution is 2.37. The number of nitrogens with zero attached hydrogens (tertiary/aromatic N) is 2. The first-order chi connectivity index (χ1) is 12.8. The van der Waals surface area contributed by atoms with Gasteiger partial charge >= 0.3 is 6.18 Å². The second kappa shape index (κ2) is 6.94. The van der Waals surface area contributed by atoms with E-state index in [2.05, 4.69) is 0 Å². The van der Waals surface area contributed by atoms with Crippen molar-refractivity contribution in [3.8, 4) is 11.3 Å². The minimum absolute atomic E-state index is 0.0249. The molecule has 3 aromatic rings. The molecule has 0 radical (unpaired) electrons. The van der Waals surface area contributed by atoms with Crippen LogP contribution < -0.4 is 0 Å². The van der Waals surface area contributed by atoms with Crippen molar-refractivity contribution in [1.82, 2.24) is 0 Å². The first kappa shape index (κ1) is 18.2. The van der Waals surface area contributed by atoms with Gasteiger partial charge in [-0.3, -0.25) is 10.1 Å². The summed E-state index contributed by atoms with van der Waals surface area (Å²) in [6, 6.07) is 13.1. The van der Waals surface area contributed by atoms with E-state index in [1.165, 1.54) is 12.1 Å². The van der Waals surface area contributed by atoms with E-state index in [0.717, 1.165) is 18.3 Å². The molecule has 9 heteroatoms. The van der Waals surface area contributed by atoms with Gasteiger partial charge in [-0.15, -0.1) is 0 Å². The van der Waals surface area contributed by atoms with Crippen molar-refractivity contribution in [2.75, 3.05) is 0 Å². The number of benzene rings is 2. The van der Waals surface area contributed by atoms with Gasteiger partial charge in [-0.05, 0) is 24.3 Å². The van der Waals surface area contributed by atoms with Crippen LogP contribution in [0.15, 0.2) is 65.1 Å². The highest BCUT2D eigenvalue weighted by molar-refractivity contribution is 5.77. The van der Waals surface area contributed by atoms with Gasteiger partial charge in [0.25, 0.3) is 5.69 Å². The maximum atomic E-state index is 12.8. The van der Waals surface area contributed by atoms with Gasteiger partial charge in [0.2, 0.25) is 11.9 Å². The predicted molar refractivity (Wildman–Crippen MR) is 90.7 cm³/mol. The highest BCUT2D eigenvalue weighted by atomic mass is 19.4. The summed E-state index contributed by atoms with van der Waals surface area (Å²) < 4.78 is 44.3. The van der Waals surface area contributed by atoms with Crippen LogP contribution in [0.5, 0.6) is 0 Å². The van der Waals surface area contributed by atoms with E-state index in [4.69, 9.17) is 4.42 Å². The van der Waals surface area contributed by atoms with E-state index in [-0.39, 0.29) is 17.1 Å². The van der Waals surface area contributed by atoms with Crippen LogP contribution in [0.4, 0.5) is 24.5 Å². The van der Waals surface area contributed by atoms with Crippen LogP contribution in [0.3, 0.4) is 0 Å². The monoisotopic (exact) mass is 376 g/mol. The third kappa shape index (κ3) is 3.97. The molecule has 1 aromatic heterocycles. The smallest absolute Gasteiger partial charge is 0.416 e. The maximum absolute atomic E-state index is 12.8. The second-order valence-corrected chi connectivity index (χ2v) is 5.48. The molecule has 0 fully saturated rings. The summed E-state index contributed by atoms with van der Waals surface area (Å²) >= 11 is 0. The first-order valence-electron chi connectivity index (χ1n) is 7.58. The maximum Gasteiger partial charge on any atom is 0.416 e. The molecule has 0 N–H and O–H groups in total. The zero-order chi connectivity index (χ0) is 19.6. The lowest BCUT2D eigenvalue weighted by molar-refractivity contribution is -0.384. The number of nitro groups is 1. The van der Waals surface area contributed by atoms with E-state index >= 15 is 0 Å². The van der Waals surface area contributed by atoms with Crippen LogP contribution in [0.2, 0.25) is 0 Å². The van der Waals surface area contributed by atoms with Crippen molar-refractivity contribution >= 4 is 17.6 Å². The molecule has 27 heavy (non-hydrogen) atoms. The van der Waals surface area contributed by atoms with Crippen molar-refractivity contribution in [3.05, 3.63) is 87.3 Å². The number of furan rings is 1. The third-order valence-corrected chi connectivity index (χ3v) is 3.67. The lowest BCUT2D eigenvalue weighted by Crippen LogP contribution is -2.06. The fourth-order valence-corrected chi connectivity index (χ4v) is 2.40. The lowest BCUT2D eigenvalue weighted by Gasteiger charge is -2.07. The Morgan fingerprint density at radius 3 is 2.30 bits per heavy atom. The Morgan fingerprint density at radius 2 is 1.67 bits per heavy atom. The van der Waals surface area contributed by atoms with Crippen molar-refractivity contribution in [2.45, 2.75) is 6.18 Å². The largest absolute Gasteiger partial charge is 0.618 e. The van der Waals surface area contributed by atoms with Crippen molar-refractivity contribution in [1.29, 1.82) is 0 Å². The summed E-state index contributed by atoms with van der Waals surface area (Å²) in [6.07, 6.45) is -3.58. The van der Waals surface area contributed by atoms with Gasteiger partial charge in [0, 0.05) is 18.2 Å². The molecule has 0 aliphatic heterocycles. The predicted octanol–water partition coefficient (Wildman–Crippen LogP) is 5.13. The van der Waals surface area contributed by atoms with Crippen molar-refractivity contribution in [2.24, 2.45) is 0 Å². The molecule has 6 nitrogen and oxygen atoms in total. The number of para-hydroxylation sites is 1. The summed E-state index contributed by atoms with van der Waals surface area (Å²) in [5, 5.41) is 23.2. The summed E-state index contributed by atoms with van der Waals surface area (Å²) in [4.78, 5) is 10.3. The topological polar surface area (TPSA) is 82.3 Å². The van der Waals surface area contributed by atoms with E-state index in [1.807, 2.05) is 0 Å². The molecule has 0 saturated heterocycles. The van der Waals surface area contributed by atoms with Gasteiger partial charge < -0.3 is 9.62 Å². The van der Waals surface area contributed by atoms with Crippen LogP contribution in [-0.2, 0) is 6.18 Å². The molecular formula is C18H11F3N2O4. The van der Waals surface area contributed by atoms with Gasteiger partial charge in [0.05, 0.1) is 16.1 Å². The first-order valence-corrected chi connectivity index (χ1v) is 7.58. The molecule has 0 amide bonds. The average molecular weight is 376 g/mol. The molecule has 0 aliphatic carbocycles. The number of hydrogen-bond acceptors (Lipinski definition) is 4. The van der Waals surface area contributed by atoms with Gasteiger partial charge in [-0.25, -0.2) is 0 Å². The van der Waals surface area contributed by atoms with Gasteiger partial charge in [0.15, 0.2) is 5.76 Å². The molecule has 0 bridgehead atoms. The molecule has 0 unspecified atom stereocenters. The summed E-state index contributed by atoms with van der Waals surface area (Å²) in [6.45, 7) is 0. The van der Waals surface area contributed by atoms with E-state index in [9.17, 15) is 28.5 Å². The van der Waals surface area contributed by atoms with Gasteiger partial charge in [0.1, 0.15) is 5.76 Å². The van der Waals surface area contributed by atoms with Crippen molar-refractivity contribution in [3.63, 3.8) is 0 Å². The Hall–Kier alpha value is -3.62. The Morgan fingerprint density at radius 1 is 0.963 bits per heavy atom. The lowest BCUT2D eigenvalue weighted by atomic mass is 10.1. The SMILES string of the molecule is O=[N+]([O-])c1cc(C(F)(F)F)ccc1-c1ccc(/C=[N+](\[O-])c2ccccc2)o1.